The molecule has 0 saturated heterocycles. The van der Waals surface area contributed by atoms with E-state index in [0.29, 0.717) is 46.1 Å². The van der Waals surface area contributed by atoms with Gasteiger partial charge in [-0.05, 0) is 25.0 Å². The Morgan fingerprint density at radius 2 is 0.800 bits per heavy atom. The lowest BCUT2D eigenvalue weighted by atomic mass is 9.81. The van der Waals surface area contributed by atoms with Crippen molar-refractivity contribution in [3.63, 3.8) is 0 Å². The number of unbranched alkanes of at least 4 members (excludes halogenated alkanes) is 10. The number of nitrogens with zero attached hydrogens (tertiary/aromatic N) is 2. The van der Waals surface area contributed by atoms with Crippen molar-refractivity contribution in [1.29, 1.82) is 0 Å². The average Bonchev–Trinajstić information content (AvgIpc) is 3.70. The molecule has 4 aromatic carbocycles. The van der Waals surface area contributed by atoms with E-state index in [-0.39, 0.29) is 23.6 Å². The number of benzene rings is 4. The smallest absolute Gasteiger partial charge is 0.262 e. The van der Waals surface area contributed by atoms with Gasteiger partial charge in [-0.2, -0.15) is 0 Å². The van der Waals surface area contributed by atoms with Crippen molar-refractivity contribution >= 4 is 97.4 Å². The summed E-state index contributed by atoms with van der Waals surface area (Å²) in [7, 11) is 0. The van der Waals surface area contributed by atoms with Crippen LogP contribution in [0.3, 0.4) is 0 Å². The Balaban J connectivity index is 1.39. The van der Waals surface area contributed by atoms with E-state index in [1.54, 1.807) is 0 Å². The maximum Gasteiger partial charge on any atom is 0.262 e. The molecule has 6 aromatic rings. The average molecular weight is 703 g/mol. The lowest BCUT2D eigenvalue weighted by molar-refractivity contribution is 0.0590. The number of fused-ring (bicyclic) bond motifs is 10. The summed E-state index contributed by atoms with van der Waals surface area (Å²) >= 11 is 3.01. The summed E-state index contributed by atoms with van der Waals surface area (Å²) in [6.45, 7) is 5.07. The largest absolute Gasteiger partial charge is 0.274 e. The Labute approximate surface area is 300 Å². The summed E-state index contributed by atoms with van der Waals surface area (Å²) in [6.07, 6.45) is 12.5. The number of rotatable bonds is 14. The van der Waals surface area contributed by atoms with Gasteiger partial charge in [0, 0.05) is 64.2 Å². The highest BCUT2D eigenvalue weighted by atomic mass is 32.1. The van der Waals surface area contributed by atoms with Crippen LogP contribution in [0.15, 0.2) is 48.5 Å². The number of amides is 4. The van der Waals surface area contributed by atoms with E-state index >= 15 is 0 Å². The second-order valence-electron chi connectivity index (χ2n) is 13.9. The summed E-state index contributed by atoms with van der Waals surface area (Å²) in [6, 6.07) is 15.9. The van der Waals surface area contributed by atoms with Crippen LogP contribution >= 0.6 is 22.7 Å². The molecule has 0 radical (unpaired) electrons. The van der Waals surface area contributed by atoms with Gasteiger partial charge >= 0.3 is 0 Å². The van der Waals surface area contributed by atoms with Gasteiger partial charge in [0.25, 0.3) is 23.6 Å². The molecule has 0 atom stereocenters. The number of carbonyl (C=O) groups excluding carboxylic acids is 4. The predicted octanol–water partition coefficient (Wildman–Crippen LogP) is 11.5. The predicted molar refractivity (Wildman–Crippen MR) is 207 cm³/mol. The fourth-order valence-corrected chi connectivity index (χ4v) is 10.7. The molecule has 0 N–H and O–H groups in total. The summed E-state index contributed by atoms with van der Waals surface area (Å²) in [5, 5.41) is 4.24. The molecule has 4 heterocycles. The molecule has 50 heavy (non-hydrogen) atoms. The van der Waals surface area contributed by atoms with Gasteiger partial charge in [0.1, 0.15) is 0 Å². The van der Waals surface area contributed by atoms with Crippen molar-refractivity contribution in [2.24, 2.45) is 0 Å². The molecular formula is C42H42N2O4S2. The van der Waals surface area contributed by atoms with Gasteiger partial charge in [0.2, 0.25) is 0 Å². The normalized spacial score (nSPS) is 14.6. The van der Waals surface area contributed by atoms with Crippen LogP contribution in [0.2, 0.25) is 0 Å². The van der Waals surface area contributed by atoms with Gasteiger partial charge in [-0.25, -0.2) is 0 Å². The number of imide groups is 2. The third kappa shape index (κ3) is 5.09. The Morgan fingerprint density at radius 3 is 1.22 bits per heavy atom. The van der Waals surface area contributed by atoms with Crippen LogP contribution in [-0.2, 0) is 0 Å². The summed E-state index contributed by atoms with van der Waals surface area (Å²) in [5.41, 5.74) is 1.85. The zero-order valence-electron chi connectivity index (χ0n) is 28.9. The van der Waals surface area contributed by atoms with Crippen molar-refractivity contribution in [1.82, 2.24) is 9.80 Å². The minimum atomic E-state index is -0.322. The molecule has 8 heteroatoms. The highest BCUT2D eigenvalue weighted by molar-refractivity contribution is 7.27. The molecule has 0 fully saturated rings. The van der Waals surface area contributed by atoms with E-state index in [2.05, 4.69) is 13.8 Å². The van der Waals surface area contributed by atoms with Crippen molar-refractivity contribution in [2.75, 3.05) is 13.1 Å². The number of hydrogen-bond donors (Lipinski definition) is 0. The minimum absolute atomic E-state index is 0.321. The van der Waals surface area contributed by atoms with Crippen LogP contribution in [0.5, 0.6) is 0 Å². The molecule has 4 amide bonds. The zero-order chi connectivity index (χ0) is 34.5. The summed E-state index contributed by atoms with van der Waals surface area (Å²) in [5.74, 6) is -1.29. The molecule has 0 bridgehead atoms. The first kappa shape index (κ1) is 33.0. The van der Waals surface area contributed by atoms with Gasteiger partial charge in [0.05, 0.1) is 22.3 Å². The fourth-order valence-electron chi connectivity index (χ4n) is 8.23. The Kier molecular flexibility index (Phi) is 8.94. The van der Waals surface area contributed by atoms with Gasteiger partial charge in [-0.1, -0.05) is 114 Å². The zero-order valence-corrected chi connectivity index (χ0v) is 30.5. The highest BCUT2D eigenvalue weighted by Gasteiger charge is 2.45. The van der Waals surface area contributed by atoms with Crippen LogP contribution < -0.4 is 0 Å². The SMILES string of the molecule is CCCCCCCCN1C(=O)c2c3sc4ccccc4c3c3c4c(c5sc6ccccc6c5c(c24)C1=O)C(=O)N(CCCCCCCC)C3=O. The monoisotopic (exact) mass is 702 g/mol. The van der Waals surface area contributed by atoms with Crippen LogP contribution in [0.1, 0.15) is 132 Å². The van der Waals surface area contributed by atoms with Crippen LogP contribution in [-0.4, -0.2) is 46.5 Å². The molecule has 2 aliphatic heterocycles. The molecule has 6 nitrogen and oxygen atoms in total. The number of hydrogen-bond acceptors (Lipinski definition) is 6. The number of carbonyl (C=O) groups is 4. The van der Waals surface area contributed by atoms with Gasteiger partial charge < -0.3 is 0 Å². The number of thiophene rings is 2. The maximum atomic E-state index is 14.8. The van der Waals surface area contributed by atoms with Crippen molar-refractivity contribution < 1.29 is 19.2 Å². The third-order valence-electron chi connectivity index (χ3n) is 10.7. The fraction of sp³-hybridized carbons (Fsp3) is 0.381. The molecular weight excluding hydrogens is 661 g/mol. The molecule has 0 aliphatic carbocycles. The third-order valence-corrected chi connectivity index (χ3v) is 13.1. The van der Waals surface area contributed by atoms with E-state index in [4.69, 9.17) is 0 Å². The van der Waals surface area contributed by atoms with Crippen LogP contribution in [0, 0.1) is 0 Å². The van der Waals surface area contributed by atoms with E-state index in [1.165, 1.54) is 45.3 Å². The first-order chi connectivity index (χ1) is 24.5. The highest BCUT2D eigenvalue weighted by Crippen LogP contribution is 2.53. The molecule has 2 aliphatic rings. The molecule has 256 valence electrons. The first-order valence-electron chi connectivity index (χ1n) is 18.5. The molecule has 2 aromatic heterocycles. The van der Waals surface area contributed by atoms with Crippen molar-refractivity contribution in [2.45, 2.75) is 90.9 Å². The van der Waals surface area contributed by atoms with Gasteiger partial charge in [-0.3, -0.25) is 29.0 Å². The lowest BCUT2D eigenvalue weighted by Gasteiger charge is -2.33. The molecule has 0 saturated carbocycles. The summed E-state index contributed by atoms with van der Waals surface area (Å²) in [4.78, 5) is 62.0. The van der Waals surface area contributed by atoms with Gasteiger partial charge in [0.15, 0.2) is 0 Å². The second kappa shape index (κ2) is 13.5. The van der Waals surface area contributed by atoms with E-state index in [9.17, 15) is 19.2 Å². The lowest BCUT2D eigenvalue weighted by Crippen LogP contribution is -2.44. The van der Waals surface area contributed by atoms with E-state index in [1.807, 2.05) is 48.5 Å². The Bertz CT molecular complexity index is 2200. The van der Waals surface area contributed by atoms with E-state index < -0.39 is 0 Å². The van der Waals surface area contributed by atoms with Crippen LogP contribution in [0.4, 0.5) is 0 Å². The first-order valence-corrected chi connectivity index (χ1v) is 20.1. The van der Waals surface area contributed by atoms with Crippen molar-refractivity contribution in [3.05, 3.63) is 70.8 Å². The Hall–Kier alpha value is -4.14. The Morgan fingerprint density at radius 1 is 0.440 bits per heavy atom. The molecule has 8 rings (SSSR count). The summed E-state index contributed by atoms with van der Waals surface area (Å²) < 4.78 is 3.40. The molecule has 0 unspecified atom stereocenters. The van der Waals surface area contributed by atoms with Crippen LogP contribution in [0.25, 0.3) is 51.1 Å². The molecule has 0 spiro atoms. The second-order valence-corrected chi connectivity index (χ2v) is 16.0. The maximum absolute atomic E-state index is 14.8. The van der Waals surface area contributed by atoms with Gasteiger partial charge in [-0.15, -0.1) is 22.7 Å². The standard InChI is InChI=1S/C42H42N2O4S2/c1-3-5-7-9-11-17-23-43-39(45)33-29-25-19-13-15-21-27(25)50-38(29)36-32-31(33)35(41(43)47)37-30(26-20-14-16-22-28(26)49-37)34(32)40(46)44(42(36)48)24-18-12-10-8-6-4-2/h13-16,19-22H,3-12,17-18,23-24H2,1-2H3. The van der Waals surface area contributed by atoms with E-state index in [0.717, 1.165) is 105 Å². The van der Waals surface area contributed by atoms with Crippen molar-refractivity contribution in [3.8, 4) is 0 Å². The quantitative estimate of drug-likeness (QED) is 0.0836. The minimum Gasteiger partial charge on any atom is -0.274 e. The topological polar surface area (TPSA) is 74.8 Å².